The zero-order chi connectivity index (χ0) is 19.2. The second kappa shape index (κ2) is 6.18. The fraction of sp³-hybridized carbons (Fsp3) is 0.214. The van der Waals surface area contributed by atoms with Crippen LogP contribution in [0.3, 0.4) is 0 Å². The number of aromatic nitrogens is 4. The predicted molar refractivity (Wildman–Crippen MR) is 92.3 cm³/mol. The minimum absolute atomic E-state index is 0.0717. The lowest BCUT2D eigenvalue weighted by atomic mass is 10.2. The summed E-state index contributed by atoms with van der Waals surface area (Å²) < 4.78 is 25.7. The summed E-state index contributed by atoms with van der Waals surface area (Å²) in [5.41, 5.74) is -0.833. The highest BCUT2D eigenvalue weighted by Gasteiger charge is 2.26. The van der Waals surface area contributed by atoms with Crippen molar-refractivity contribution < 1.29 is 13.3 Å². The largest absolute Gasteiger partial charge is 0.354 e. The Bertz CT molecular complexity index is 1200. The minimum atomic E-state index is -3.71. The third-order valence-electron chi connectivity index (χ3n) is 3.78. The van der Waals surface area contributed by atoms with Crippen LogP contribution in [0, 0.1) is 17.0 Å². The average molecular weight is 398 g/mol. The quantitative estimate of drug-likeness (QED) is 0.367. The van der Waals surface area contributed by atoms with E-state index in [4.69, 9.17) is 11.6 Å². The van der Waals surface area contributed by atoms with E-state index in [0.29, 0.717) is 5.56 Å². The highest BCUT2D eigenvalue weighted by atomic mass is 35.5. The summed E-state index contributed by atoms with van der Waals surface area (Å²) in [4.78, 5) is 26.9. The molecule has 0 N–H and O–H groups in total. The van der Waals surface area contributed by atoms with Gasteiger partial charge < -0.3 is 4.57 Å². The van der Waals surface area contributed by atoms with E-state index in [0.717, 1.165) is 10.8 Å². The van der Waals surface area contributed by atoms with E-state index in [-0.39, 0.29) is 28.1 Å². The standard InChI is InChI=1S/C14H12ClN5O5S/c1-8-13(20(22)23)14(21)19-12(5-11(17-19)26(2,24)25)18(8)7-9-3-4-10(15)16-6-9/h3-6H,7H2,1-2H3. The van der Waals surface area contributed by atoms with Crippen molar-refractivity contribution in [2.45, 2.75) is 18.5 Å². The topological polar surface area (TPSA) is 129 Å². The molecule has 0 aliphatic rings. The van der Waals surface area contributed by atoms with E-state index in [1.54, 1.807) is 12.1 Å². The summed E-state index contributed by atoms with van der Waals surface area (Å²) >= 11 is 5.75. The lowest BCUT2D eigenvalue weighted by Crippen LogP contribution is -2.24. The SMILES string of the molecule is Cc1c([N+](=O)[O-])c(=O)n2nc(S(C)(=O)=O)cc2n1Cc1ccc(Cl)nc1. The summed E-state index contributed by atoms with van der Waals surface area (Å²) in [5, 5.41) is 15.0. The van der Waals surface area contributed by atoms with Crippen LogP contribution in [0.4, 0.5) is 5.69 Å². The smallest absolute Gasteiger partial charge is 0.319 e. The molecule has 0 aromatic carbocycles. The highest BCUT2D eigenvalue weighted by molar-refractivity contribution is 7.90. The van der Waals surface area contributed by atoms with Gasteiger partial charge in [0.25, 0.3) is 0 Å². The number of hydrogen-bond donors (Lipinski definition) is 0. The fourth-order valence-electron chi connectivity index (χ4n) is 2.52. The van der Waals surface area contributed by atoms with Gasteiger partial charge in [0.05, 0.1) is 11.5 Å². The number of rotatable bonds is 4. The molecule has 0 radical (unpaired) electrons. The number of fused-ring (bicyclic) bond motifs is 1. The first kappa shape index (κ1) is 18.0. The number of pyridine rings is 1. The zero-order valence-corrected chi connectivity index (χ0v) is 15.2. The van der Waals surface area contributed by atoms with Crippen molar-refractivity contribution in [3.63, 3.8) is 0 Å². The molecule has 0 unspecified atom stereocenters. The van der Waals surface area contributed by atoms with Crippen molar-refractivity contribution in [1.29, 1.82) is 0 Å². The molecule has 0 aliphatic carbocycles. The van der Waals surface area contributed by atoms with Crippen molar-refractivity contribution in [3.05, 3.63) is 61.3 Å². The monoisotopic (exact) mass is 397 g/mol. The van der Waals surface area contributed by atoms with Gasteiger partial charge in [0.2, 0.25) is 0 Å². The van der Waals surface area contributed by atoms with E-state index in [1.165, 1.54) is 23.8 Å². The normalized spacial score (nSPS) is 11.8. The molecule has 0 saturated heterocycles. The molecule has 136 valence electrons. The van der Waals surface area contributed by atoms with Crippen molar-refractivity contribution in [1.82, 2.24) is 19.2 Å². The molecule has 26 heavy (non-hydrogen) atoms. The van der Waals surface area contributed by atoms with Crippen LogP contribution in [0.1, 0.15) is 11.3 Å². The number of hydrogen-bond acceptors (Lipinski definition) is 7. The van der Waals surface area contributed by atoms with Crippen LogP contribution in [-0.4, -0.2) is 38.8 Å². The molecule has 0 saturated carbocycles. The molecule has 0 bridgehead atoms. The molecular formula is C14H12ClN5O5S. The maximum absolute atomic E-state index is 12.4. The summed E-state index contributed by atoms with van der Waals surface area (Å²) in [6.07, 6.45) is 2.42. The van der Waals surface area contributed by atoms with Crippen LogP contribution < -0.4 is 5.56 Å². The lowest BCUT2D eigenvalue weighted by Gasteiger charge is -2.12. The molecule has 0 spiro atoms. The highest BCUT2D eigenvalue weighted by Crippen LogP contribution is 2.20. The summed E-state index contributed by atoms with van der Waals surface area (Å²) in [5.74, 6) is 0. The third kappa shape index (κ3) is 3.06. The van der Waals surface area contributed by atoms with Crippen LogP contribution in [0.5, 0.6) is 0 Å². The summed E-state index contributed by atoms with van der Waals surface area (Å²) in [6, 6.07) is 4.43. The Hall–Kier alpha value is -2.79. The molecule has 0 fully saturated rings. The fourth-order valence-corrected chi connectivity index (χ4v) is 3.18. The van der Waals surface area contributed by atoms with Gasteiger partial charge in [-0.3, -0.25) is 14.9 Å². The van der Waals surface area contributed by atoms with E-state index in [2.05, 4.69) is 10.1 Å². The van der Waals surface area contributed by atoms with E-state index in [9.17, 15) is 23.3 Å². The summed E-state index contributed by atoms with van der Waals surface area (Å²) in [6.45, 7) is 1.52. The first-order valence-electron chi connectivity index (χ1n) is 7.17. The molecule has 3 aromatic heterocycles. The van der Waals surface area contributed by atoms with Gasteiger partial charge in [-0.1, -0.05) is 17.7 Å². The Morgan fingerprint density at radius 2 is 2.04 bits per heavy atom. The summed E-state index contributed by atoms with van der Waals surface area (Å²) in [7, 11) is -3.71. The van der Waals surface area contributed by atoms with Crippen LogP contribution in [0.2, 0.25) is 5.15 Å². The van der Waals surface area contributed by atoms with E-state index in [1.807, 2.05) is 0 Å². The molecular weight excluding hydrogens is 386 g/mol. The molecule has 0 amide bonds. The molecule has 10 nitrogen and oxygen atoms in total. The predicted octanol–water partition coefficient (Wildman–Crippen LogP) is 1.21. The van der Waals surface area contributed by atoms with Gasteiger partial charge in [-0.05, 0) is 18.6 Å². The Morgan fingerprint density at radius 3 is 2.58 bits per heavy atom. The van der Waals surface area contributed by atoms with Crippen LogP contribution >= 0.6 is 11.6 Å². The van der Waals surface area contributed by atoms with Gasteiger partial charge >= 0.3 is 11.2 Å². The van der Waals surface area contributed by atoms with Crippen LogP contribution in [0.15, 0.2) is 34.2 Å². The number of nitrogens with zero attached hydrogens (tertiary/aromatic N) is 5. The number of sulfone groups is 1. The van der Waals surface area contributed by atoms with Gasteiger partial charge in [-0.2, -0.15) is 9.61 Å². The van der Waals surface area contributed by atoms with Gasteiger partial charge in [0.1, 0.15) is 16.5 Å². The Kier molecular flexibility index (Phi) is 4.28. The third-order valence-corrected chi connectivity index (χ3v) is 4.96. The second-order valence-corrected chi connectivity index (χ2v) is 7.95. The van der Waals surface area contributed by atoms with Crippen molar-refractivity contribution in [2.24, 2.45) is 0 Å². The first-order valence-corrected chi connectivity index (χ1v) is 9.44. The molecule has 0 atom stereocenters. The molecule has 12 heteroatoms. The van der Waals surface area contributed by atoms with Gasteiger partial charge in [-0.25, -0.2) is 13.4 Å². The molecule has 0 aliphatic heterocycles. The maximum Gasteiger partial charge on any atom is 0.354 e. The van der Waals surface area contributed by atoms with Crippen LogP contribution in [0.25, 0.3) is 5.65 Å². The Morgan fingerprint density at radius 1 is 1.35 bits per heavy atom. The van der Waals surface area contributed by atoms with Gasteiger partial charge in [0.15, 0.2) is 14.9 Å². The zero-order valence-electron chi connectivity index (χ0n) is 13.6. The Labute approximate surface area is 151 Å². The van der Waals surface area contributed by atoms with Crippen molar-refractivity contribution in [2.75, 3.05) is 6.26 Å². The van der Waals surface area contributed by atoms with E-state index < -0.39 is 26.0 Å². The van der Waals surface area contributed by atoms with Crippen molar-refractivity contribution >= 4 is 32.8 Å². The van der Waals surface area contributed by atoms with Crippen LogP contribution in [-0.2, 0) is 16.4 Å². The Balaban J connectivity index is 2.35. The molecule has 3 aromatic rings. The maximum atomic E-state index is 12.4. The minimum Gasteiger partial charge on any atom is -0.319 e. The second-order valence-electron chi connectivity index (χ2n) is 5.60. The molecule has 3 rings (SSSR count). The average Bonchev–Trinajstić information content (AvgIpc) is 2.99. The first-order chi connectivity index (χ1) is 12.1. The van der Waals surface area contributed by atoms with E-state index >= 15 is 0 Å². The molecule has 3 heterocycles. The lowest BCUT2D eigenvalue weighted by molar-refractivity contribution is -0.387. The number of halogens is 1. The van der Waals surface area contributed by atoms with Crippen molar-refractivity contribution in [3.8, 4) is 0 Å². The van der Waals surface area contributed by atoms with Gasteiger partial charge in [0, 0.05) is 18.5 Å². The number of nitro groups is 1. The van der Waals surface area contributed by atoms with Gasteiger partial charge in [-0.15, -0.1) is 0 Å².